The maximum absolute atomic E-state index is 13.1. The molecule has 2 fully saturated rings. The second-order valence-corrected chi connectivity index (χ2v) is 9.03. The third-order valence-corrected chi connectivity index (χ3v) is 6.36. The summed E-state index contributed by atoms with van der Waals surface area (Å²) in [6.07, 6.45) is 7.37. The van der Waals surface area contributed by atoms with Crippen molar-refractivity contribution in [2.24, 2.45) is 22.6 Å². The molecule has 0 radical (unpaired) electrons. The SMILES string of the molecule is C=N/C(N)=C(C)\C=C(/C)NC(=O)C(=O)N1C[C@@H](C)CC[C@@H]1[C@H]1CC[C@H](NC(C)=O)CC1. The van der Waals surface area contributed by atoms with Crippen LogP contribution >= 0.6 is 0 Å². The number of nitrogens with two attached hydrogens (primary N) is 1. The first kappa shape index (κ1) is 24.6. The third kappa shape index (κ3) is 6.94. The minimum absolute atomic E-state index is 0.00236. The average molecular weight is 432 g/mol. The molecule has 0 aromatic carbocycles. The molecule has 1 aliphatic heterocycles. The van der Waals surface area contributed by atoms with Crippen LogP contribution in [-0.4, -0.2) is 48.0 Å². The predicted octanol–water partition coefficient (Wildman–Crippen LogP) is 2.22. The lowest BCUT2D eigenvalue weighted by atomic mass is 9.77. The molecular formula is C23H37N5O3. The van der Waals surface area contributed by atoms with E-state index in [1.165, 1.54) is 0 Å². The van der Waals surface area contributed by atoms with E-state index in [-0.39, 0.29) is 23.8 Å². The number of carbonyl (C=O) groups excluding carboxylic acids is 3. The second kappa shape index (κ2) is 11.1. The first-order valence-electron chi connectivity index (χ1n) is 11.1. The maximum atomic E-state index is 13.1. The number of aliphatic imine (C=N–C) groups is 1. The molecule has 31 heavy (non-hydrogen) atoms. The van der Waals surface area contributed by atoms with E-state index in [9.17, 15) is 14.4 Å². The molecule has 1 aliphatic carbocycles. The number of nitrogens with zero attached hydrogens (tertiary/aromatic N) is 2. The summed E-state index contributed by atoms with van der Waals surface area (Å²) >= 11 is 0. The van der Waals surface area contributed by atoms with Gasteiger partial charge in [0.05, 0.1) is 0 Å². The number of hydrogen-bond acceptors (Lipinski definition) is 5. The Morgan fingerprint density at radius 1 is 1.06 bits per heavy atom. The topological polar surface area (TPSA) is 117 Å². The summed E-state index contributed by atoms with van der Waals surface area (Å²) in [5, 5.41) is 5.69. The monoisotopic (exact) mass is 431 g/mol. The smallest absolute Gasteiger partial charge is 0.313 e. The molecule has 2 rings (SSSR count). The zero-order valence-corrected chi connectivity index (χ0v) is 19.2. The summed E-state index contributed by atoms with van der Waals surface area (Å²) in [5.41, 5.74) is 6.91. The molecule has 8 nitrogen and oxygen atoms in total. The van der Waals surface area contributed by atoms with Crippen LogP contribution in [0.2, 0.25) is 0 Å². The van der Waals surface area contributed by atoms with Crippen molar-refractivity contribution >= 4 is 24.4 Å². The van der Waals surface area contributed by atoms with E-state index in [1.807, 2.05) is 0 Å². The molecule has 172 valence electrons. The number of rotatable bonds is 5. The van der Waals surface area contributed by atoms with Gasteiger partial charge in [0.1, 0.15) is 5.82 Å². The Hall–Kier alpha value is -2.64. The molecule has 4 N–H and O–H groups in total. The summed E-state index contributed by atoms with van der Waals surface area (Å²) in [5.74, 6) is -0.108. The number of carbonyl (C=O) groups is 3. The highest BCUT2D eigenvalue weighted by atomic mass is 16.2. The molecule has 2 aliphatic rings. The van der Waals surface area contributed by atoms with Crippen LogP contribution in [0, 0.1) is 11.8 Å². The fraction of sp³-hybridized carbons (Fsp3) is 0.652. The van der Waals surface area contributed by atoms with Gasteiger partial charge in [-0.3, -0.25) is 14.4 Å². The van der Waals surface area contributed by atoms with E-state index < -0.39 is 11.8 Å². The molecule has 0 spiro atoms. The Morgan fingerprint density at radius 2 is 1.71 bits per heavy atom. The van der Waals surface area contributed by atoms with Crippen molar-refractivity contribution < 1.29 is 14.4 Å². The molecule has 0 aromatic rings. The quantitative estimate of drug-likeness (QED) is 0.351. The molecule has 1 saturated heterocycles. The van der Waals surface area contributed by atoms with Crippen LogP contribution in [0.3, 0.4) is 0 Å². The first-order valence-corrected chi connectivity index (χ1v) is 11.1. The van der Waals surface area contributed by atoms with Crippen LogP contribution in [0.15, 0.2) is 28.2 Å². The molecule has 3 amide bonds. The highest BCUT2D eigenvalue weighted by Crippen LogP contribution is 2.35. The van der Waals surface area contributed by atoms with E-state index in [2.05, 4.69) is 29.3 Å². The number of nitrogens with one attached hydrogen (secondary N) is 2. The van der Waals surface area contributed by atoms with Gasteiger partial charge in [-0.15, -0.1) is 0 Å². The minimum Gasteiger partial charge on any atom is -0.384 e. The maximum Gasteiger partial charge on any atom is 0.313 e. The van der Waals surface area contributed by atoms with Crippen LogP contribution in [-0.2, 0) is 14.4 Å². The molecule has 2 atom stereocenters. The van der Waals surface area contributed by atoms with E-state index in [4.69, 9.17) is 5.73 Å². The number of piperidine rings is 1. The fourth-order valence-corrected chi connectivity index (χ4v) is 4.76. The van der Waals surface area contributed by atoms with E-state index in [0.29, 0.717) is 29.7 Å². The molecule has 0 bridgehead atoms. The highest BCUT2D eigenvalue weighted by molar-refractivity contribution is 6.35. The number of amides is 3. The van der Waals surface area contributed by atoms with Crippen LogP contribution in [0.1, 0.15) is 66.2 Å². The standard InChI is InChI=1S/C23H37N5O3/c1-14-6-11-20(18-7-9-19(10-8-18)27-17(4)29)28(13-14)23(31)22(30)26-16(3)12-15(2)21(24)25-5/h12,14,18-20H,5-11,13,24H2,1-4H3,(H,26,30)(H,27,29)/b16-12+,21-15-/t14-,18-,19-,20+/m0/s1. The Bertz CT molecular complexity index is 765. The Kier molecular flexibility index (Phi) is 8.83. The zero-order valence-electron chi connectivity index (χ0n) is 19.2. The van der Waals surface area contributed by atoms with Crippen molar-refractivity contribution in [2.75, 3.05) is 6.54 Å². The molecule has 1 saturated carbocycles. The number of allylic oxidation sites excluding steroid dienone is 3. The van der Waals surface area contributed by atoms with Crippen molar-refractivity contribution in [2.45, 2.75) is 78.3 Å². The van der Waals surface area contributed by atoms with E-state index >= 15 is 0 Å². The zero-order chi connectivity index (χ0) is 23.1. The summed E-state index contributed by atoms with van der Waals surface area (Å²) in [4.78, 5) is 42.6. The average Bonchev–Trinajstić information content (AvgIpc) is 2.72. The Balaban J connectivity index is 2.05. The van der Waals surface area contributed by atoms with E-state index in [1.54, 1.807) is 31.7 Å². The van der Waals surface area contributed by atoms with Crippen molar-refractivity contribution in [3.63, 3.8) is 0 Å². The Morgan fingerprint density at radius 3 is 2.29 bits per heavy atom. The summed E-state index contributed by atoms with van der Waals surface area (Å²) in [6.45, 7) is 11.1. The largest absolute Gasteiger partial charge is 0.384 e. The van der Waals surface area contributed by atoms with Crippen molar-refractivity contribution in [3.05, 3.63) is 23.2 Å². The lowest BCUT2D eigenvalue weighted by molar-refractivity contribution is -0.150. The van der Waals surface area contributed by atoms with Crippen LogP contribution in [0.25, 0.3) is 0 Å². The lowest BCUT2D eigenvalue weighted by Crippen LogP contribution is -2.54. The first-order chi connectivity index (χ1) is 14.6. The Labute approximate surface area is 185 Å². The second-order valence-electron chi connectivity index (χ2n) is 9.03. The number of hydrogen-bond donors (Lipinski definition) is 3. The van der Waals surface area contributed by atoms with Gasteiger partial charge in [-0.05, 0) is 82.6 Å². The van der Waals surface area contributed by atoms with Crippen LogP contribution < -0.4 is 16.4 Å². The number of likely N-dealkylation sites (tertiary alicyclic amines) is 1. The van der Waals surface area contributed by atoms with Crippen molar-refractivity contribution in [3.8, 4) is 0 Å². The third-order valence-electron chi connectivity index (χ3n) is 6.36. The summed E-state index contributed by atoms with van der Waals surface area (Å²) in [7, 11) is 0. The van der Waals surface area contributed by atoms with Crippen LogP contribution in [0.5, 0.6) is 0 Å². The van der Waals surface area contributed by atoms with Gasteiger partial charge in [0.25, 0.3) is 0 Å². The summed E-state index contributed by atoms with van der Waals surface area (Å²) in [6, 6.07) is 0.282. The molecule has 0 aromatic heterocycles. The highest BCUT2D eigenvalue weighted by Gasteiger charge is 2.39. The lowest BCUT2D eigenvalue weighted by Gasteiger charge is -2.44. The van der Waals surface area contributed by atoms with Gasteiger partial charge in [-0.25, -0.2) is 4.99 Å². The molecule has 8 heteroatoms. The van der Waals surface area contributed by atoms with Crippen molar-refractivity contribution in [1.82, 2.24) is 15.5 Å². The van der Waals surface area contributed by atoms with Gasteiger partial charge in [0.2, 0.25) is 5.91 Å². The van der Waals surface area contributed by atoms with Crippen molar-refractivity contribution in [1.29, 1.82) is 0 Å². The normalized spacial score (nSPS) is 27.7. The van der Waals surface area contributed by atoms with E-state index in [0.717, 1.165) is 38.5 Å². The van der Waals surface area contributed by atoms with Gasteiger partial charge < -0.3 is 21.3 Å². The summed E-state index contributed by atoms with van der Waals surface area (Å²) < 4.78 is 0. The fourth-order valence-electron chi connectivity index (χ4n) is 4.76. The van der Waals surface area contributed by atoms with Gasteiger partial charge >= 0.3 is 11.8 Å². The molecular weight excluding hydrogens is 394 g/mol. The molecule has 0 unspecified atom stereocenters. The van der Waals surface area contributed by atoms with Crippen LogP contribution in [0.4, 0.5) is 0 Å². The van der Waals surface area contributed by atoms with Gasteiger partial charge in [-0.1, -0.05) is 6.92 Å². The minimum atomic E-state index is -0.627. The molecule has 1 heterocycles. The predicted molar refractivity (Wildman–Crippen MR) is 122 cm³/mol. The van der Waals surface area contributed by atoms with Gasteiger partial charge in [-0.2, -0.15) is 0 Å². The van der Waals surface area contributed by atoms with Gasteiger partial charge in [0.15, 0.2) is 0 Å². The van der Waals surface area contributed by atoms with Gasteiger partial charge in [0, 0.05) is 31.2 Å².